The van der Waals surface area contributed by atoms with Gasteiger partial charge in [-0.1, -0.05) is 0 Å². The van der Waals surface area contributed by atoms with E-state index in [9.17, 15) is 4.79 Å². The Bertz CT molecular complexity index is 157. The summed E-state index contributed by atoms with van der Waals surface area (Å²) in [5.41, 5.74) is 7.02. The molecule has 0 radical (unpaired) electrons. The average Bonchev–Trinajstić information content (AvgIpc) is 2.01. The maximum absolute atomic E-state index is 10.5. The fourth-order valence-electron chi connectivity index (χ4n) is 0.316. The molecule has 0 aromatic heterocycles. The quantitative estimate of drug-likeness (QED) is 0.281. The maximum Gasteiger partial charge on any atom is 0.427 e. The standard InChI is InChI=1S/C5H11N3O3/c1-2-11-5(10)8-7-4(6)3-9/h9H,2-3H2,1H3,(H2,6,7)(H,8,10). The zero-order chi connectivity index (χ0) is 8.69. The third kappa shape index (κ3) is 5.16. The Morgan fingerprint density at radius 3 is 2.91 bits per heavy atom. The van der Waals surface area contributed by atoms with Crippen LogP contribution in [0.5, 0.6) is 0 Å². The Labute approximate surface area is 64.0 Å². The second-order valence-electron chi connectivity index (χ2n) is 1.59. The number of ether oxygens (including phenoxy) is 1. The number of nitrogens with two attached hydrogens (primary N) is 1. The van der Waals surface area contributed by atoms with E-state index in [1.807, 2.05) is 5.43 Å². The first-order valence-corrected chi connectivity index (χ1v) is 3.06. The van der Waals surface area contributed by atoms with Crippen LogP contribution in [0.1, 0.15) is 6.92 Å². The minimum absolute atomic E-state index is 0.0712. The molecule has 0 saturated heterocycles. The summed E-state index contributed by atoms with van der Waals surface area (Å²) in [6.07, 6.45) is -0.691. The highest BCUT2D eigenvalue weighted by molar-refractivity contribution is 5.82. The van der Waals surface area contributed by atoms with Crippen LogP contribution < -0.4 is 11.2 Å². The largest absolute Gasteiger partial charge is 0.449 e. The summed E-state index contributed by atoms with van der Waals surface area (Å²) in [6, 6.07) is 0. The maximum atomic E-state index is 10.5. The summed E-state index contributed by atoms with van der Waals surface area (Å²) in [5, 5.41) is 11.6. The van der Waals surface area contributed by atoms with E-state index in [0.29, 0.717) is 0 Å². The number of carbonyl (C=O) groups excluding carboxylic acids is 1. The molecule has 0 aromatic carbocycles. The van der Waals surface area contributed by atoms with E-state index in [4.69, 9.17) is 10.8 Å². The molecule has 11 heavy (non-hydrogen) atoms. The average molecular weight is 161 g/mol. The van der Waals surface area contributed by atoms with Gasteiger partial charge < -0.3 is 15.6 Å². The van der Waals surface area contributed by atoms with Gasteiger partial charge in [-0.3, -0.25) is 0 Å². The van der Waals surface area contributed by atoms with Crippen molar-refractivity contribution in [2.75, 3.05) is 13.2 Å². The van der Waals surface area contributed by atoms with E-state index in [0.717, 1.165) is 0 Å². The van der Waals surface area contributed by atoms with Gasteiger partial charge in [-0.15, -0.1) is 0 Å². The molecule has 6 nitrogen and oxygen atoms in total. The molecule has 0 aliphatic rings. The highest BCUT2D eigenvalue weighted by Gasteiger charge is 1.96. The van der Waals surface area contributed by atoms with Gasteiger partial charge in [-0.05, 0) is 6.92 Å². The Hall–Kier alpha value is -1.30. The summed E-state index contributed by atoms with van der Waals surface area (Å²) in [7, 11) is 0. The molecule has 64 valence electrons. The van der Waals surface area contributed by atoms with Gasteiger partial charge in [-0.2, -0.15) is 5.10 Å². The minimum Gasteiger partial charge on any atom is -0.449 e. The predicted octanol–water partition coefficient (Wildman–Crippen LogP) is -1.00. The van der Waals surface area contributed by atoms with Gasteiger partial charge in [0.1, 0.15) is 12.4 Å². The van der Waals surface area contributed by atoms with E-state index in [1.165, 1.54) is 0 Å². The lowest BCUT2D eigenvalue weighted by Crippen LogP contribution is -2.25. The van der Waals surface area contributed by atoms with Gasteiger partial charge in [-0.25, -0.2) is 10.2 Å². The van der Waals surface area contributed by atoms with Crippen LogP contribution in [0.2, 0.25) is 0 Å². The van der Waals surface area contributed by atoms with Crippen LogP contribution in [0.3, 0.4) is 0 Å². The fourth-order valence-corrected chi connectivity index (χ4v) is 0.316. The number of nitrogens with zero attached hydrogens (tertiary/aromatic N) is 1. The molecule has 4 N–H and O–H groups in total. The van der Waals surface area contributed by atoms with Crippen LogP contribution >= 0.6 is 0 Å². The van der Waals surface area contributed by atoms with Gasteiger partial charge in [0.15, 0.2) is 0 Å². The molecule has 0 rings (SSSR count). The van der Waals surface area contributed by atoms with E-state index in [1.54, 1.807) is 6.92 Å². The van der Waals surface area contributed by atoms with Crippen molar-refractivity contribution in [1.82, 2.24) is 5.43 Å². The van der Waals surface area contributed by atoms with Crippen LogP contribution in [0, 0.1) is 0 Å². The first-order valence-electron chi connectivity index (χ1n) is 3.06. The lowest BCUT2D eigenvalue weighted by atomic mass is 10.7. The molecule has 0 aromatic rings. The molecule has 0 spiro atoms. The van der Waals surface area contributed by atoms with E-state index >= 15 is 0 Å². The van der Waals surface area contributed by atoms with Gasteiger partial charge >= 0.3 is 6.09 Å². The molecule has 0 aliphatic carbocycles. The number of rotatable bonds is 3. The molecule has 0 atom stereocenters. The van der Waals surface area contributed by atoms with Crippen molar-refractivity contribution in [3.63, 3.8) is 0 Å². The van der Waals surface area contributed by atoms with Crippen molar-refractivity contribution in [3.05, 3.63) is 0 Å². The van der Waals surface area contributed by atoms with Gasteiger partial charge in [0.25, 0.3) is 0 Å². The van der Waals surface area contributed by atoms with Crippen molar-refractivity contribution in [2.45, 2.75) is 6.92 Å². The van der Waals surface area contributed by atoms with Crippen molar-refractivity contribution >= 4 is 11.9 Å². The number of hydrogen-bond acceptors (Lipinski definition) is 4. The Morgan fingerprint density at radius 2 is 2.45 bits per heavy atom. The van der Waals surface area contributed by atoms with E-state index < -0.39 is 12.7 Å². The summed E-state index contributed by atoms with van der Waals surface area (Å²) in [5.74, 6) is -0.0712. The molecule has 0 bridgehead atoms. The molecule has 0 saturated carbocycles. The molecule has 0 heterocycles. The molecular formula is C5H11N3O3. The highest BCUT2D eigenvalue weighted by atomic mass is 16.5. The topological polar surface area (TPSA) is 96.9 Å². The normalized spacial score (nSPS) is 10.9. The Morgan fingerprint density at radius 1 is 1.82 bits per heavy atom. The number of nitrogens with one attached hydrogen (secondary N) is 1. The number of hydrogen-bond donors (Lipinski definition) is 3. The molecule has 6 heteroatoms. The van der Waals surface area contributed by atoms with Crippen molar-refractivity contribution in [2.24, 2.45) is 10.8 Å². The van der Waals surface area contributed by atoms with Crippen molar-refractivity contribution in [3.8, 4) is 0 Å². The van der Waals surface area contributed by atoms with E-state index in [-0.39, 0.29) is 12.4 Å². The molecule has 0 unspecified atom stereocenters. The molecule has 0 aliphatic heterocycles. The van der Waals surface area contributed by atoms with Crippen LogP contribution in [0.15, 0.2) is 5.10 Å². The number of aliphatic hydroxyl groups is 1. The number of hydrazone groups is 1. The summed E-state index contributed by atoms with van der Waals surface area (Å²) in [4.78, 5) is 10.5. The second kappa shape index (κ2) is 5.48. The van der Waals surface area contributed by atoms with Gasteiger partial charge in [0.05, 0.1) is 6.61 Å². The number of aliphatic hydroxyl groups excluding tert-OH is 1. The Balaban J connectivity index is 3.60. The zero-order valence-electron chi connectivity index (χ0n) is 6.20. The minimum atomic E-state index is -0.691. The lowest BCUT2D eigenvalue weighted by Gasteiger charge is -1.99. The monoisotopic (exact) mass is 161 g/mol. The van der Waals surface area contributed by atoms with Gasteiger partial charge in [0.2, 0.25) is 0 Å². The number of amidine groups is 1. The summed E-state index contributed by atoms with van der Waals surface area (Å²) >= 11 is 0. The first-order chi connectivity index (χ1) is 5.20. The van der Waals surface area contributed by atoms with Crippen LogP contribution in [-0.4, -0.2) is 30.2 Å². The summed E-state index contributed by atoms with van der Waals surface area (Å²) < 4.78 is 4.44. The predicted molar refractivity (Wildman–Crippen MR) is 38.9 cm³/mol. The highest BCUT2D eigenvalue weighted by Crippen LogP contribution is 1.75. The van der Waals surface area contributed by atoms with Crippen molar-refractivity contribution < 1.29 is 14.6 Å². The van der Waals surface area contributed by atoms with Crippen LogP contribution in [0.25, 0.3) is 0 Å². The molecular weight excluding hydrogens is 150 g/mol. The second-order valence-corrected chi connectivity index (χ2v) is 1.59. The van der Waals surface area contributed by atoms with Gasteiger partial charge in [0, 0.05) is 0 Å². The van der Waals surface area contributed by atoms with Crippen molar-refractivity contribution in [1.29, 1.82) is 0 Å². The third-order valence-electron chi connectivity index (χ3n) is 0.728. The van der Waals surface area contributed by atoms with Crippen LogP contribution in [-0.2, 0) is 4.74 Å². The van der Waals surface area contributed by atoms with E-state index in [2.05, 4.69) is 9.84 Å². The smallest absolute Gasteiger partial charge is 0.427 e. The third-order valence-corrected chi connectivity index (χ3v) is 0.728. The number of carbonyl (C=O) groups is 1. The van der Waals surface area contributed by atoms with Crippen LogP contribution in [0.4, 0.5) is 4.79 Å². The molecule has 0 fully saturated rings. The Kier molecular flexibility index (Phi) is 4.83. The number of amides is 1. The first kappa shape index (κ1) is 9.70. The summed E-state index contributed by atoms with van der Waals surface area (Å²) in [6.45, 7) is 1.53. The molecule has 1 amide bonds. The fraction of sp³-hybridized carbons (Fsp3) is 0.600. The zero-order valence-corrected chi connectivity index (χ0v) is 6.20. The SMILES string of the molecule is CCOC(=O)N/N=C(\N)CO. The lowest BCUT2D eigenvalue weighted by molar-refractivity contribution is 0.152.